The summed E-state index contributed by atoms with van der Waals surface area (Å²) >= 11 is 0. The first-order valence-corrected chi connectivity index (χ1v) is 7.25. The highest BCUT2D eigenvalue weighted by atomic mass is 19.1. The Hall–Kier alpha value is -2.97. The average Bonchev–Trinajstić information content (AvgIpc) is 2.80. The molecule has 0 aliphatic carbocycles. The van der Waals surface area contributed by atoms with Crippen molar-refractivity contribution in [2.24, 2.45) is 0 Å². The first-order chi connectivity index (χ1) is 11.3. The number of nitrogens with zero attached hydrogens (tertiary/aromatic N) is 1. The fourth-order valence-electron chi connectivity index (χ4n) is 2.52. The van der Waals surface area contributed by atoms with Gasteiger partial charge in [-0.1, -0.05) is 19.1 Å². The van der Waals surface area contributed by atoms with Gasteiger partial charge in [-0.2, -0.15) is 0 Å². The van der Waals surface area contributed by atoms with Crippen molar-refractivity contribution in [1.82, 2.24) is 20.9 Å². The van der Waals surface area contributed by atoms with Crippen molar-refractivity contribution in [3.8, 4) is 0 Å². The van der Waals surface area contributed by atoms with Crippen LogP contribution in [0.2, 0.25) is 0 Å². The monoisotopic (exact) mass is 336 g/mol. The quantitative estimate of drug-likeness (QED) is 0.693. The van der Waals surface area contributed by atoms with E-state index in [0.29, 0.717) is 5.56 Å². The molecule has 2 rings (SSSR count). The van der Waals surface area contributed by atoms with Gasteiger partial charge in [0.2, 0.25) is 5.91 Å². The van der Waals surface area contributed by atoms with Crippen LogP contribution in [0.25, 0.3) is 0 Å². The van der Waals surface area contributed by atoms with Gasteiger partial charge in [0, 0.05) is 7.05 Å². The summed E-state index contributed by atoms with van der Waals surface area (Å²) in [5, 5.41) is 6.73. The van der Waals surface area contributed by atoms with E-state index in [1.54, 1.807) is 6.92 Å². The summed E-state index contributed by atoms with van der Waals surface area (Å²) in [5.74, 6) is -1.90. The van der Waals surface area contributed by atoms with E-state index in [4.69, 9.17) is 0 Å². The molecule has 1 aromatic rings. The Bertz CT molecular complexity index is 691. The molecule has 1 atom stereocenters. The van der Waals surface area contributed by atoms with E-state index in [2.05, 4.69) is 10.6 Å². The maximum absolute atomic E-state index is 13.1. The third kappa shape index (κ3) is 3.05. The molecule has 1 saturated heterocycles. The van der Waals surface area contributed by atoms with Gasteiger partial charge in [-0.3, -0.25) is 19.8 Å². The average molecular weight is 336 g/mol. The molecule has 1 aliphatic rings. The van der Waals surface area contributed by atoms with E-state index in [-0.39, 0.29) is 6.42 Å². The molecule has 1 fully saturated rings. The molecule has 8 nitrogen and oxygen atoms in total. The van der Waals surface area contributed by atoms with Crippen LogP contribution in [0.4, 0.5) is 14.0 Å². The van der Waals surface area contributed by atoms with Crippen LogP contribution in [-0.2, 0) is 15.1 Å². The number of urea groups is 2. The molecule has 6 amide bonds. The van der Waals surface area contributed by atoms with Gasteiger partial charge in [0.25, 0.3) is 5.91 Å². The van der Waals surface area contributed by atoms with Crippen LogP contribution < -0.4 is 16.0 Å². The number of hydrogen-bond donors (Lipinski definition) is 3. The van der Waals surface area contributed by atoms with E-state index in [1.807, 2.05) is 5.32 Å². The van der Waals surface area contributed by atoms with Gasteiger partial charge >= 0.3 is 12.1 Å². The van der Waals surface area contributed by atoms with E-state index in [9.17, 15) is 23.6 Å². The maximum atomic E-state index is 13.1. The van der Waals surface area contributed by atoms with E-state index < -0.39 is 41.8 Å². The second-order valence-electron chi connectivity index (χ2n) is 5.21. The van der Waals surface area contributed by atoms with Crippen molar-refractivity contribution in [3.63, 3.8) is 0 Å². The van der Waals surface area contributed by atoms with Gasteiger partial charge < -0.3 is 10.6 Å². The Morgan fingerprint density at radius 2 is 1.88 bits per heavy atom. The SMILES string of the molecule is CCC1(c2ccc(F)cc2)NC(=O)N(CC(=O)NC(=O)NC)C1=O. The summed E-state index contributed by atoms with van der Waals surface area (Å²) in [6, 6.07) is 3.70. The second kappa shape index (κ2) is 6.65. The standard InChI is InChI=1S/C15H17FN4O4/c1-3-15(9-4-6-10(16)7-5-9)12(22)20(14(24)19-15)8-11(21)18-13(23)17-2/h4-7H,3,8H2,1-2H3,(H,19,24)(H2,17,18,21,23). The molecule has 3 N–H and O–H groups in total. The van der Waals surface area contributed by atoms with Crippen LogP contribution in [0.5, 0.6) is 0 Å². The number of hydrogen-bond acceptors (Lipinski definition) is 4. The molecule has 9 heteroatoms. The molecule has 1 aromatic carbocycles. The predicted molar refractivity (Wildman–Crippen MR) is 81.2 cm³/mol. The summed E-state index contributed by atoms with van der Waals surface area (Å²) in [6.45, 7) is 1.09. The Morgan fingerprint density at radius 1 is 1.25 bits per heavy atom. The van der Waals surface area contributed by atoms with Crippen molar-refractivity contribution >= 4 is 23.9 Å². The van der Waals surface area contributed by atoms with Gasteiger partial charge in [-0.05, 0) is 24.1 Å². The largest absolute Gasteiger partial charge is 0.341 e. The van der Waals surface area contributed by atoms with Gasteiger partial charge in [0.1, 0.15) is 17.9 Å². The minimum Gasteiger partial charge on any atom is -0.341 e. The lowest BCUT2D eigenvalue weighted by Gasteiger charge is -2.25. The van der Waals surface area contributed by atoms with Gasteiger partial charge in [0.15, 0.2) is 0 Å². The number of imide groups is 2. The molecule has 0 spiro atoms. The fourth-order valence-corrected chi connectivity index (χ4v) is 2.52. The number of rotatable bonds is 4. The van der Waals surface area contributed by atoms with Crippen LogP contribution in [-0.4, -0.2) is 42.4 Å². The zero-order valence-electron chi connectivity index (χ0n) is 13.2. The van der Waals surface area contributed by atoms with Crippen molar-refractivity contribution in [1.29, 1.82) is 0 Å². The van der Waals surface area contributed by atoms with Crippen molar-refractivity contribution < 1.29 is 23.6 Å². The summed E-state index contributed by atoms with van der Waals surface area (Å²) in [6.07, 6.45) is 0.219. The first kappa shape index (κ1) is 17.4. The zero-order chi connectivity index (χ0) is 17.9. The number of carbonyl (C=O) groups is 4. The Labute approximate surface area is 137 Å². The lowest BCUT2D eigenvalue weighted by Crippen LogP contribution is -2.46. The number of amides is 6. The maximum Gasteiger partial charge on any atom is 0.325 e. The molecule has 0 bridgehead atoms. The lowest BCUT2D eigenvalue weighted by molar-refractivity contribution is -0.135. The Balaban J connectivity index is 2.24. The normalized spacial score (nSPS) is 19.9. The van der Waals surface area contributed by atoms with Crippen molar-refractivity contribution in [2.75, 3.05) is 13.6 Å². The van der Waals surface area contributed by atoms with Crippen molar-refractivity contribution in [2.45, 2.75) is 18.9 Å². The summed E-state index contributed by atoms with van der Waals surface area (Å²) in [7, 11) is 1.33. The molecule has 1 unspecified atom stereocenters. The van der Waals surface area contributed by atoms with Crippen LogP contribution in [0.1, 0.15) is 18.9 Å². The fraction of sp³-hybridized carbons (Fsp3) is 0.333. The molecular weight excluding hydrogens is 319 g/mol. The third-order valence-electron chi connectivity index (χ3n) is 3.82. The summed E-state index contributed by atoms with van der Waals surface area (Å²) in [4.78, 5) is 48.4. The molecule has 24 heavy (non-hydrogen) atoms. The van der Waals surface area contributed by atoms with Crippen molar-refractivity contribution in [3.05, 3.63) is 35.6 Å². The number of benzene rings is 1. The number of nitrogens with one attached hydrogen (secondary N) is 3. The summed E-state index contributed by atoms with van der Waals surface area (Å²) < 4.78 is 13.1. The van der Waals surface area contributed by atoms with E-state index in [0.717, 1.165) is 4.90 Å². The predicted octanol–water partition coefficient (Wildman–Crippen LogP) is 0.438. The highest BCUT2D eigenvalue weighted by molar-refractivity contribution is 6.10. The van der Waals surface area contributed by atoms with Gasteiger partial charge in [-0.15, -0.1) is 0 Å². The number of carbonyl (C=O) groups excluding carboxylic acids is 4. The highest BCUT2D eigenvalue weighted by Crippen LogP contribution is 2.32. The molecule has 128 valence electrons. The van der Waals surface area contributed by atoms with Crippen LogP contribution in [0.15, 0.2) is 24.3 Å². The first-order valence-electron chi connectivity index (χ1n) is 7.25. The molecule has 1 heterocycles. The smallest absolute Gasteiger partial charge is 0.325 e. The van der Waals surface area contributed by atoms with Gasteiger partial charge in [-0.25, -0.2) is 14.0 Å². The van der Waals surface area contributed by atoms with Crippen LogP contribution in [0, 0.1) is 5.82 Å². The van der Waals surface area contributed by atoms with Crippen LogP contribution >= 0.6 is 0 Å². The highest BCUT2D eigenvalue weighted by Gasteiger charge is 2.51. The van der Waals surface area contributed by atoms with E-state index >= 15 is 0 Å². The molecule has 0 aromatic heterocycles. The second-order valence-corrected chi connectivity index (χ2v) is 5.21. The Morgan fingerprint density at radius 3 is 2.42 bits per heavy atom. The minimum absolute atomic E-state index is 0.219. The number of halogens is 1. The molecule has 0 radical (unpaired) electrons. The lowest BCUT2D eigenvalue weighted by atomic mass is 9.87. The zero-order valence-corrected chi connectivity index (χ0v) is 13.2. The van der Waals surface area contributed by atoms with E-state index in [1.165, 1.54) is 31.3 Å². The Kier molecular flexibility index (Phi) is 4.82. The molecule has 0 saturated carbocycles. The summed E-state index contributed by atoms with van der Waals surface area (Å²) in [5.41, 5.74) is -0.947. The third-order valence-corrected chi connectivity index (χ3v) is 3.82. The van der Waals surface area contributed by atoms with Crippen LogP contribution in [0.3, 0.4) is 0 Å². The topological polar surface area (TPSA) is 108 Å². The minimum atomic E-state index is -1.36. The van der Waals surface area contributed by atoms with Gasteiger partial charge in [0.05, 0.1) is 0 Å². The molecule has 1 aliphatic heterocycles. The molecular formula is C15H17FN4O4.